The van der Waals surface area contributed by atoms with Crippen LogP contribution in [0.15, 0.2) is 30.5 Å². The van der Waals surface area contributed by atoms with Crippen LogP contribution in [0, 0.1) is 5.82 Å². The van der Waals surface area contributed by atoms with E-state index >= 15 is 0 Å². The second-order valence-electron chi connectivity index (χ2n) is 6.55. The first-order chi connectivity index (χ1) is 11.5. The third-order valence-corrected chi connectivity index (χ3v) is 4.27. The molecule has 1 aliphatic rings. The number of ether oxygens (including phenoxy) is 1. The number of morpholine rings is 1. The van der Waals surface area contributed by atoms with Crippen LogP contribution in [0.5, 0.6) is 0 Å². The van der Waals surface area contributed by atoms with Gasteiger partial charge in [0.1, 0.15) is 11.9 Å². The summed E-state index contributed by atoms with van der Waals surface area (Å²) in [5.41, 5.74) is 2.33. The van der Waals surface area contributed by atoms with Gasteiger partial charge in [-0.15, -0.1) is 0 Å². The average molecular weight is 331 g/mol. The number of carbonyl (C=O) groups is 1. The topological polar surface area (TPSA) is 58.2 Å². The maximum Gasteiger partial charge on any atom is 0.257 e. The molecule has 0 radical (unpaired) electrons. The molecule has 24 heavy (non-hydrogen) atoms. The Kier molecular flexibility index (Phi) is 4.66. The number of H-pyrrole nitrogens is 1. The van der Waals surface area contributed by atoms with E-state index in [4.69, 9.17) is 4.74 Å². The first-order valence-corrected chi connectivity index (χ1v) is 8.19. The number of benzene rings is 1. The third-order valence-electron chi connectivity index (χ3n) is 4.27. The second-order valence-corrected chi connectivity index (χ2v) is 6.55. The van der Waals surface area contributed by atoms with Gasteiger partial charge in [-0.3, -0.25) is 9.89 Å². The van der Waals surface area contributed by atoms with Crippen molar-refractivity contribution in [2.75, 3.05) is 13.1 Å². The number of amides is 1. The smallest absolute Gasteiger partial charge is 0.257 e. The van der Waals surface area contributed by atoms with Crippen LogP contribution < -0.4 is 0 Å². The van der Waals surface area contributed by atoms with Crippen molar-refractivity contribution in [1.29, 1.82) is 0 Å². The Balaban J connectivity index is 1.81. The van der Waals surface area contributed by atoms with E-state index in [0.717, 1.165) is 11.3 Å². The molecule has 0 unspecified atom stereocenters. The third kappa shape index (κ3) is 3.33. The molecular weight excluding hydrogens is 309 g/mol. The molecule has 2 atom stereocenters. The minimum Gasteiger partial charge on any atom is -0.367 e. The van der Waals surface area contributed by atoms with Crippen molar-refractivity contribution in [2.24, 2.45) is 0 Å². The summed E-state index contributed by atoms with van der Waals surface area (Å²) in [6.45, 7) is 6.95. The molecule has 2 heterocycles. The molecule has 1 N–H and O–H groups in total. The van der Waals surface area contributed by atoms with Crippen molar-refractivity contribution in [2.45, 2.75) is 38.9 Å². The maximum absolute atomic E-state index is 13.1. The Morgan fingerprint density at radius 1 is 1.33 bits per heavy atom. The molecule has 1 amide bonds. The van der Waals surface area contributed by atoms with E-state index in [1.807, 2.05) is 20.8 Å². The van der Waals surface area contributed by atoms with Gasteiger partial charge in [0.2, 0.25) is 0 Å². The van der Waals surface area contributed by atoms with Gasteiger partial charge in [-0.05, 0) is 30.5 Å². The summed E-state index contributed by atoms with van der Waals surface area (Å²) in [5, 5.41) is 6.93. The number of rotatable bonds is 3. The van der Waals surface area contributed by atoms with Gasteiger partial charge in [0.15, 0.2) is 0 Å². The molecule has 5 nitrogen and oxygen atoms in total. The molecule has 0 bridgehead atoms. The lowest BCUT2D eigenvalue weighted by atomic mass is 10.0. The van der Waals surface area contributed by atoms with Crippen molar-refractivity contribution >= 4 is 5.91 Å². The minimum absolute atomic E-state index is 0.0466. The van der Waals surface area contributed by atoms with Crippen LogP contribution in [-0.2, 0) is 4.74 Å². The SMILES string of the molecule is CC(C)c1[nH]ncc1C(=O)N1C[C@H](C)O[C@@H](c2ccc(F)cc2)C1. The molecule has 0 spiro atoms. The lowest BCUT2D eigenvalue weighted by Crippen LogP contribution is -2.46. The summed E-state index contributed by atoms with van der Waals surface area (Å²) in [6.07, 6.45) is 1.24. The van der Waals surface area contributed by atoms with Gasteiger partial charge in [-0.25, -0.2) is 4.39 Å². The number of aromatic nitrogens is 2. The van der Waals surface area contributed by atoms with Gasteiger partial charge in [0.05, 0.1) is 30.1 Å². The van der Waals surface area contributed by atoms with Crippen LogP contribution in [-0.4, -0.2) is 40.2 Å². The Bertz CT molecular complexity index is 711. The summed E-state index contributed by atoms with van der Waals surface area (Å²) in [7, 11) is 0. The summed E-state index contributed by atoms with van der Waals surface area (Å²) in [6, 6.07) is 6.24. The molecular formula is C18H22FN3O2. The van der Waals surface area contributed by atoms with Gasteiger partial charge in [-0.1, -0.05) is 26.0 Å². The van der Waals surface area contributed by atoms with E-state index in [1.54, 1.807) is 23.2 Å². The quantitative estimate of drug-likeness (QED) is 0.939. The minimum atomic E-state index is -0.282. The Morgan fingerprint density at radius 2 is 2.04 bits per heavy atom. The summed E-state index contributed by atoms with van der Waals surface area (Å²) in [4.78, 5) is 14.7. The predicted octanol–water partition coefficient (Wildman–Crippen LogP) is 3.27. The standard InChI is InChI=1S/C18H22FN3O2/c1-11(2)17-15(8-20-21-17)18(23)22-9-12(3)24-16(10-22)13-4-6-14(19)7-5-13/h4-8,11-12,16H,9-10H2,1-3H3,(H,20,21)/t12-,16+/m0/s1. The molecule has 1 aliphatic heterocycles. The highest BCUT2D eigenvalue weighted by Gasteiger charge is 2.31. The highest BCUT2D eigenvalue weighted by atomic mass is 19.1. The largest absolute Gasteiger partial charge is 0.367 e. The van der Waals surface area contributed by atoms with Crippen LogP contribution in [0.4, 0.5) is 4.39 Å². The molecule has 1 fully saturated rings. The normalized spacial score (nSPS) is 21.3. The zero-order valence-electron chi connectivity index (χ0n) is 14.1. The zero-order chi connectivity index (χ0) is 17.3. The lowest BCUT2D eigenvalue weighted by molar-refractivity contribution is -0.0692. The average Bonchev–Trinajstić information content (AvgIpc) is 3.04. The second kappa shape index (κ2) is 6.73. The van der Waals surface area contributed by atoms with Crippen molar-refractivity contribution in [3.8, 4) is 0 Å². The molecule has 128 valence electrons. The molecule has 0 aliphatic carbocycles. The van der Waals surface area contributed by atoms with E-state index in [1.165, 1.54) is 12.1 Å². The van der Waals surface area contributed by atoms with Crippen LogP contribution in [0.25, 0.3) is 0 Å². The number of carbonyl (C=O) groups excluding carboxylic acids is 1. The van der Waals surface area contributed by atoms with E-state index in [9.17, 15) is 9.18 Å². The van der Waals surface area contributed by atoms with Crippen molar-refractivity contribution < 1.29 is 13.9 Å². The Morgan fingerprint density at radius 3 is 2.71 bits per heavy atom. The van der Waals surface area contributed by atoms with Crippen molar-refractivity contribution in [3.63, 3.8) is 0 Å². The van der Waals surface area contributed by atoms with E-state index in [0.29, 0.717) is 18.7 Å². The fourth-order valence-electron chi connectivity index (χ4n) is 3.06. The van der Waals surface area contributed by atoms with Crippen LogP contribution in [0.1, 0.15) is 54.4 Å². The number of hydrogen-bond acceptors (Lipinski definition) is 3. The van der Waals surface area contributed by atoms with Gasteiger partial charge >= 0.3 is 0 Å². The monoisotopic (exact) mass is 331 g/mol. The number of halogens is 1. The van der Waals surface area contributed by atoms with Gasteiger partial charge in [-0.2, -0.15) is 5.10 Å². The lowest BCUT2D eigenvalue weighted by Gasteiger charge is -2.37. The van der Waals surface area contributed by atoms with E-state index < -0.39 is 0 Å². The summed E-state index contributed by atoms with van der Waals surface area (Å²) >= 11 is 0. The van der Waals surface area contributed by atoms with E-state index in [2.05, 4.69) is 10.2 Å². The van der Waals surface area contributed by atoms with Gasteiger partial charge in [0, 0.05) is 6.54 Å². The van der Waals surface area contributed by atoms with E-state index in [-0.39, 0.29) is 29.9 Å². The zero-order valence-corrected chi connectivity index (χ0v) is 14.1. The molecule has 2 aromatic rings. The highest BCUT2D eigenvalue weighted by molar-refractivity contribution is 5.95. The molecule has 1 saturated heterocycles. The van der Waals surface area contributed by atoms with Crippen LogP contribution >= 0.6 is 0 Å². The first-order valence-electron chi connectivity index (χ1n) is 8.19. The molecule has 6 heteroatoms. The number of hydrogen-bond donors (Lipinski definition) is 1. The van der Waals surface area contributed by atoms with Gasteiger partial charge < -0.3 is 9.64 Å². The maximum atomic E-state index is 13.1. The number of nitrogens with one attached hydrogen (secondary N) is 1. The fraction of sp³-hybridized carbons (Fsp3) is 0.444. The Labute approximate surface area is 140 Å². The molecule has 1 aromatic heterocycles. The first kappa shape index (κ1) is 16.6. The number of nitrogens with zero attached hydrogens (tertiary/aromatic N) is 2. The van der Waals surface area contributed by atoms with Crippen molar-refractivity contribution in [3.05, 3.63) is 53.1 Å². The fourth-order valence-corrected chi connectivity index (χ4v) is 3.06. The van der Waals surface area contributed by atoms with Crippen LogP contribution in [0.3, 0.4) is 0 Å². The number of aromatic amines is 1. The summed E-state index contributed by atoms with van der Waals surface area (Å²) in [5.74, 6) is -0.136. The predicted molar refractivity (Wildman–Crippen MR) is 88.3 cm³/mol. The Hall–Kier alpha value is -2.21. The highest BCUT2D eigenvalue weighted by Crippen LogP contribution is 2.27. The van der Waals surface area contributed by atoms with Crippen LogP contribution in [0.2, 0.25) is 0 Å². The summed E-state index contributed by atoms with van der Waals surface area (Å²) < 4.78 is 19.1. The molecule has 1 aromatic carbocycles. The molecule has 3 rings (SSSR count). The van der Waals surface area contributed by atoms with Gasteiger partial charge in [0.25, 0.3) is 5.91 Å². The van der Waals surface area contributed by atoms with Crippen molar-refractivity contribution in [1.82, 2.24) is 15.1 Å². The molecule has 0 saturated carbocycles.